The first-order valence-corrected chi connectivity index (χ1v) is 8.54. The van der Waals surface area contributed by atoms with E-state index < -0.39 is 0 Å². The molecule has 25 heavy (non-hydrogen) atoms. The zero-order valence-corrected chi connectivity index (χ0v) is 14.8. The fourth-order valence-corrected chi connectivity index (χ4v) is 2.39. The van der Waals surface area contributed by atoms with Gasteiger partial charge in [0.1, 0.15) is 5.75 Å². The van der Waals surface area contributed by atoms with Gasteiger partial charge in [-0.05, 0) is 42.7 Å². The van der Waals surface area contributed by atoms with Gasteiger partial charge in [0.25, 0.3) is 0 Å². The summed E-state index contributed by atoms with van der Waals surface area (Å²) in [5.41, 5.74) is 1.54. The van der Waals surface area contributed by atoms with Gasteiger partial charge in [-0.15, -0.1) is 0 Å². The van der Waals surface area contributed by atoms with E-state index in [0.29, 0.717) is 29.4 Å². The number of anilines is 1. The summed E-state index contributed by atoms with van der Waals surface area (Å²) in [5.74, 6) is 0.0527. The minimum atomic E-state index is -0.340. The van der Waals surface area contributed by atoms with Gasteiger partial charge in [0.15, 0.2) is 0 Å². The van der Waals surface area contributed by atoms with Crippen LogP contribution in [-0.4, -0.2) is 18.5 Å². The molecule has 0 fully saturated rings. The number of nitrogens with one attached hydrogen (secondary N) is 2. The van der Waals surface area contributed by atoms with E-state index in [1.165, 1.54) is 0 Å². The Balaban J connectivity index is 1.86. The lowest BCUT2D eigenvalue weighted by Crippen LogP contribution is -2.29. The Labute approximate surface area is 152 Å². The van der Waals surface area contributed by atoms with Crippen LogP contribution in [0, 0.1) is 0 Å². The van der Waals surface area contributed by atoms with E-state index in [9.17, 15) is 9.59 Å². The van der Waals surface area contributed by atoms with E-state index in [1.54, 1.807) is 30.3 Å². The summed E-state index contributed by atoms with van der Waals surface area (Å²) in [5, 5.41) is 6.06. The maximum Gasteiger partial charge on any atom is 0.319 e. The van der Waals surface area contributed by atoms with Crippen LogP contribution >= 0.6 is 11.6 Å². The fourth-order valence-electron chi connectivity index (χ4n) is 2.17. The lowest BCUT2D eigenvalue weighted by molar-refractivity contribution is -0.134. The molecule has 0 atom stereocenters. The van der Waals surface area contributed by atoms with Crippen molar-refractivity contribution in [1.82, 2.24) is 5.32 Å². The number of esters is 1. The highest BCUT2D eigenvalue weighted by Crippen LogP contribution is 2.18. The molecule has 0 saturated heterocycles. The van der Waals surface area contributed by atoms with E-state index in [4.69, 9.17) is 16.3 Å². The zero-order valence-electron chi connectivity index (χ0n) is 14.0. The Kier molecular flexibility index (Phi) is 7.29. The minimum absolute atomic E-state index is 0.245. The number of rotatable bonds is 7. The largest absolute Gasteiger partial charge is 0.426 e. The molecule has 6 heteroatoms. The van der Waals surface area contributed by atoms with Crippen LogP contribution < -0.4 is 15.4 Å². The first kappa shape index (κ1) is 18.8. The summed E-state index contributed by atoms with van der Waals surface area (Å²) < 4.78 is 5.33. The Hall–Kier alpha value is -2.53. The molecule has 2 aromatic carbocycles. The van der Waals surface area contributed by atoms with Crippen molar-refractivity contribution in [3.63, 3.8) is 0 Å². The molecule has 2 amide bonds. The van der Waals surface area contributed by atoms with Gasteiger partial charge in [0.2, 0.25) is 0 Å². The molecule has 0 heterocycles. The number of benzene rings is 2. The van der Waals surface area contributed by atoms with Gasteiger partial charge in [-0.3, -0.25) is 4.79 Å². The Bertz CT molecular complexity index is 734. The Morgan fingerprint density at radius 3 is 2.68 bits per heavy atom. The third-order valence-electron chi connectivity index (χ3n) is 3.37. The number of aryl methyl sites for hydroxylation is 1. The van der Waals surface area contributed by atoms with Gasteiger partial charge in [-0.1, -0.05) is 36.7 Å². The van der Waals surface area contributed by atoms with Gasteiger partial charge in [0.05, 0.1) is 0 Å². The lowest BCUT2D eigenvalue weighted by atomic mass is 10.1. The lowest BCUT2D eigenvalue weighted by Gasteiger charge is -2.09. The SMILES string of the molecule is CCCNC(=O)Nc1cccc(OC(=O)CCc2cccc(Cl)c2)c1. The van der Waals surface area contributed by atoms with Crippen molar-refractivity contribution in [3.8, 4) is 5.75 Å². The molecular weight excluding hydrogens is 340 g/mol. The number of ether oxygens (including phenoxy) is 1. The molecular formula is C19H21ClN2O3. The molecule has 2 rings (SSSR count). The number of amides is 2. The van der Waals surface area contributed by atoms with Crippen LogP contribution in [0.5, 0.6) is 5.75 Å². The second kappa shape index (κ2) is 9.69. The molecule has 132 valence electrons. The van der Waals surface area contributed by atoms with Crippen LogP contribution in [0.4, 0.5) is 10.5 Å². The van der Waals surface area contributed by atoms with Crippen LogP contribution in [0.25, 0.3) is 0 Å². The van der Waals surface area contributed by atoms with E-state index in [2.05, 4.69) is 10.6 Å². The van der Waals surface area contributed by atoms with Crippen molar-refractivity contribution in [1.29, 1.82) is 0 Å². The van der Waals surface area contributed by atoms with Crippen molar-refractivity contribution in [2.45, 2.75) is 26.2 Å². The molecule has 0 bridgehead atoms. The third kappa shape index (κ3) is 6.85. The van der Waals surface area contributed by atoms with Gasteiger partial charge < -0.3 is 15.4 Å². The maximum absolute atomic E-state index is 12.0. The predicted molar refractivity (Wildman–Crippen MR) is 99.2 cm³/mol. The van der Waals surface area contributed by atoms with E-state index in [0.717, 1.165) is 12.0 Å². The van der Waals surface area contributed by atoms with Crippen LogP contribution in [0.15, 0.2) is 48.5 Å². The van der Waals surface area contributed by atoms with Crippen molar-refractivity contribution in [2.75, 3.05) is 11.9 Å². The van der Waals surface area contributed by atoms with E-state index in [1.807, 2.05) is 25.1 Å². The number of urea groups is 1. The van der Waals surface area contributed by atoms with Gasteiger partial charge >= 0.3 is 12.0 Å². The number of hydrogen-bond acceptors (Lipinski definition) is 3. The second-order valence-electron chi connectivity index (χ2n) is 5.51. The van der Waals surface area contributed by atoms with Crippen molar-refractivity contribution >= 4 is 29.3 Å². The molecule has 0 spiro atoms. The zero-order chi connectivity index (χ0) is 18.1. The highest BCUT2D eigenvalue weighted by molar-refractivity contribution is 6.30. The first-order chi connectivity index (χ1) is 12.1. The van der Waals surface area contributed by atoms with Crippen LogP contribution in [0.1, 0.15) is 25.3 Å². The molecule has 0 aliphatic carbocycles. The topological polar surface area (TPSA) is 67.4 Å². The molecule has 0 saturated carbocycles. The average molecular weight is 361 g/mol. The maximum atomic E-state index is 12.0. The van der Waals surface area contributed by atoms with Crippen LogP contribution in [0.2, 0.25) is 5.02 Å². The van der Waals surface area contributed by atoms with Gasteiger partial charge in [-0.2, -0.15) is 0 Å². The third-order valence-corrected chi connectivity index (χ3v) is 3.60. The van der Waals surface area contributed by atoms with Crippen molar-refractivity contribution < 1.29 is 14.3 Å². The van der Waals surface area contributed by atoms with E-state index >= 15 is 0 Å². The van der Waals surface area contributed by atoms with Crippen LogP contribution in [-0.2, 0) is 11.2 Å². The molecule has 0 radical (unpaired) electrons. The molecule has 0 aliphatic rings. The Morgan fingerprint density at radius 1 is 1.12 bits per heavy atom. The summed E-state index contributed by atoms with van der Waals surface area (Å²) in [7, 11) is 0. The number of halogens is 1. The summed E-state index contributed by atoms with van der Waals surface area (Å²) in [6.07, 6.45) is 1.66. The summed E-state index contributed by atoms with van der Waals surface area (Å²) >= 11 is 5.92. The standard InChI is InChI=1S/C19H21ClN2O3/c1-2-11-21-19(24)22-16-7-4-8-17(13-16)25-18(23)10-9-14-5-3-6-15(20)12-14/h3-8,12-13H,2,9-11H2,1H3,(H2,21,22,24). The smallest absolute Gasteiger partial charge is 0.319 e. The quantitative estimate of drug-likeness (QED) is 0.567. The fraction of sp³-hybridized carbons (Fsp3) is 0.263. The summed E-state index contributed by atoms with van der Waals surface area (Å²) in [6, 6.07) is 13.8. The van der Waals surface area contributed by atoms with Crippen LogP contribution in [0.3, 0.4) is 0 Å². The van der Waals surface area contributed by atoms with Gasteiger partial charge in [-0.25, -0.2) is 4.79 Å². The Morgan fingerprint density at radius 2 is 1.92 bits per heavy atom. The predicted octanol–water partition coefficient (Wildman–Crippen LogP) is 4.41. The number of carbonyl (C=O) groups excluding carboxylic acids is 2. The molecule has 0 aromatic heterocycles. The van der Waals surface area contributed by atoms with Crippen molar-refractivity contribution in [2.24, 2.45) is 0 Å². The summed E-state index contributed by atoms with van der Waals surface area (Å²) in [6.45, 7) is 2.58. The molecule has 2 aromatic rings. The molecule has 2 N–H and O–H groups in total. The highest BCUT2D eigenvalue weighted by atomic mass is 35.5. The summed E-state index contributed by atoms with van der Waals surface area (Å²) in [4.78, 5) is 23.6. The number of hydrogen-bond donors (Lipinski definition) is 2. The number of carbonyl (C=O) groups is 2. The van der Waals surface area contributed by atoms with E-state index in [-0.39, 0.29) is 18.4 Å². The molecule has 0 unspecified atom stereocenters. The average Bonchev–Trinajstić information content (AvgIpc) is 2.58. The second-order valence-corrected chi connectivity index (χ2v) is 5.95. The molecule has 5 nitrogen and oxygen atoms in total. The first-order valence-electron chi connectivity index (χ1n) is 8.17. The normalized spacial score (nSPS) is 10.2. The molecule has 0 aliphatic heterocycles. The minimum Gasteiger partial charge on any atom is -0.426 e. The van der Waals surface area contributed by atoms with Crippen molar-refractivity contribution in [3.05, 3.63) is 59.1 Å². The highest BCUT2D eigenvalue weighted by Gasteiger charge is 2.08. The monoisotopic (exact) mass is 360 g/mol. The van der Waals surface area contributed by atoms with Gasteiger partial charge in [0, 0.05) is 29.7 Å².